The molecule has 3 rings (SSSR count). The highest BCUT2D eigenvalue weighted by molar-refractivity contribution is 5.94. The third-order valence-corrected chi connectivity index (χ3v) is 4.83. The second-order valence-electron chi connectivity index (χ2n) is 6.87. The van der Waals surface area contributed by atoms with E-state index < -0.39 is 0 Å². The van der Waals surface area contributed by atoms with Crippen molar-refractivity contribution in [1.82, 2.24) is 14.7 Å². The van der Waals surface area contributed by atoms with Crippen molar-refractivity contribution in [2.24, 2.45) is 0 Å². The van der Waals surface area contributed by atoms with E-state index in [-0.39, 0.29) is 17.8 Å². The molecule has 27 heavy (non-hydrogen) atoms. The molecule has 142 valence electrons. The summed E-state index contributed by atoms with van der Waals surface area (Å²) >= 11 is 0. The van der Waals surface area contributed by atoms with Crippen molar-refractivity contribution in [3.8, 4) is 0 Å². The number of aryl methyl sites for hydroxylation is 1. The van der Waals surface area contributed by atoms with Gasteiger partial charge < -0.3 is 14.7 Å². The Morgan fingerprint density at radius 3 is 2.26 bits per heavy atom. The number of carbonyl (C=O) groups excluding carboxylic acids is 2. The van der Waals surface area contributed by atoms with Gasteiger partial charge in [-0.25, -0.2) is 9.18 Å². The van der Waals surface area contributed by atoms with E-state index in [0.717, 1.165) is 5.56 Å². The molecular weight excluding hydrogens is 345 g/mol. The van der Waals surface area contributed by atoms with E-state index in [0.29, 0.717) is 43.9 Å². The standard InChI is InChI=1S/C21H24FN3O2/c1-16-14-18(8-9-19(16)22)20(26)24-10-12-25(13-11-24)21(27)23(2)15-17-6-4-3-5-7-17/h3-9,14H,10-13,15H2,1-2H3. The number of amides is 3. The summed E-state index contributed by atoms with van der Waals surface area (Å²) in [5.74, 6) is -0.439. The van der Waals surface area contributed by atoms with E-state index in [2.05, 4.69) is 0 Å². The van der Waals surface area contributed by atoms with E-state index in [1.165, 1.54) is 12.1 Å². The van der Waals surface area contributed by atoms with Gasteiger partial charge in [0.15, 0.2) is 0 Å². The van der Waals surface area contributed by atoms with Gasteiger partial charge in [0.25, 0.3) is 5.91 Å². The number of nitrogens with zero attached hydrogens (tertiary/aromatic N) is 3. The third kappa shape index (κ3) is 4.45. The summed E-state index contributed by atoms with van der Waals surface area (Å²) in [6, 6.07) is 14.2. The maximum Gasteiger partial charge on any atom is 0.320 e. The van der Waals surface area contributed by atoms with Gasteiger partial charge >= 0.3 is 6.03 Å². The smallest absolute Gasteiger partial charge is 0.320 e. The third-order valence-electron chi connectivity index (χ3n) is 4.83. The molecule has 1 saturated heterocycles. The number of urea groups is 1. The van der Waals surface area contributed by atoms with Gasteiger partial charge in [-0.15, -0.1) is 0 Å². The molecule has 0 N–H and O–H groups in total. The summed E-state index contributed by atoms with van der Waals surface area (Å²) in [5.41, 5.74) is 2.01. The molecule has 0 aliphatic carbocycles. The number of carbonyl (C=O) groups is 2. The van der Waals surface area contributed by atoms with Crippen LogP contribution >= 0.6 is 0 Å². The number of halogens is 1. The Bertz CT molecular complexity index is 817. The molecular formula is C21H24FN3O2. The Kier molecular flexibility index (Phi) is 5.74. The first-order valence-electron chi connectivity index (χ1n) is 9.05. The first-order chi connectivity index (χ1) is 13.0. The zero-order chi connectivity index (χ0) is 19.4. The van der Waals surface area contributed by atoms with Crippen molar-refractivity contribution in [2.75, 3.05) is 33.2 Å². The lowest BCUT2D eigenvalue weighted by molar-refractivity contribution is 0.0644. The average molecular weight is 369 g/mol. The van der Waals surface area contributed by atoms with Crippen molar-refractivity contribution in [2.45, 2.75) is 13.5 Å². The fourth-order valence-corrected chi connectivity index (χ4v) is 3.23. The zero-order valence-corrected chi connectivity index (χ0v) is 15.7. The number of hydrogen-bond acceptors (Lipinski definition) is 2. The average Bonchev–Trinajstić information content (AvgIpc) is 2.70. The van der Waals surface area contributed by atoms with Crippen LogP contribution < -0.4 is 0 Å². The fraction of sp³-hybridized carbons (Fsp3) is 0.333. The van der Waals surface area contributed by atoms with Gasteiger partial charge in [-0.3, -0.25) is 4.79 Å². The molecule has 6 heteroatoms. The second kappa shape index (κ2) is 8.20. The number of rotatable bonds is 3. The molecule has 2 aromatic carbocycles. The van der Waals surface area contributed by atoms with Crippen LogP contribution in [0, 0.1) is 12.7 Å². The maximum atomic E-state index is 13.4. The van der Waals surface area contributed by atoms with Crippen LogP contribution in [0.25, 0.3) is 0 Å². The molecule has 0 bridgehead atoms. The van der Waals surface area contributed by atoms with Crippen molar-refractivity contribution in [3.63, 3.8) is 0 Å². The van der Waals surface area contributed by atoms with Crippen molar-refractivity contribution in [3.05, 3.63) is 71.0 Å². The topological polar surface area (TPSA) is 43.9 Å². The number of piperazine rings is 1. The Morgan fingerprint density at radius 2 is 1.63 bits per heavy atom. The molecule has 1 aliphatic rings. The lowest BCUT2D eigenvalue weighted by Crippen LogP contribution is -2.53. The van der Waals surface area contributed by atoms with Gasteiger partial charge in [-0.2, -0.15) is 0 Å². The molecule has 3 amide bonds. The first kappa shape index (κ1) is 18.9. The van der Waals surface area contributed by atoms with Crippen LogP contribution in [0.15, 0.2) is 48.5 Å². The van der Waals surface area contributed by atoms with E-state index >= 15 is 0 Å². The predicted octanol–water partition coefficient (Wildman–Crippen LogP) is 3.14. The predicted molar refractivity (Wildman–Crippen MR) is 102 cm³/mol. The largest absolute Gasteiger partial charge is 0.335 e. The van der Waals surface area contributed by atoms with Crippen LogP contribution in [0.5, 0.6) is 0 Å². The molecule has 1 aliphatic heterocycles. The lowest BCUT2D eigenvalue weighted by Gasteiger charge is -2.36. The van der Waals surface area contributed by atoms with Crippen molar-refractivity contribution < 1.29 is 14.0 Å². The number of benzene rings is 2. The molecule has 0 spiro atoms. The van der Waals surface area contributed by atoms with E-state index in [4.69, 9.17) is 0 Å². The molecule has 0 aromatic heterocycles. The van der Waals surface area contributed by atoms with E-state index in [1.807, 2.05) is 30.3 Å². The van der Waals surface area contributed by atoms with Crippen LogP contribution in [0.2, 0.25) is 0 Å². The van der Waals surface area contributed by atoms with Crippen LogP contribution in [0.4, 0.5) is 9.18 Å². The van der Waals surface area contributed by atoms with E-state index in [9.17, 15) is 14.0 Å². The minimum atomic E-state index is -0.316. The highest BCUT2D eigenvalue weighted by Crippen LogP contribution is 2.14. The SMILES string of the molecule is Cc1cc(C(=O)N2CCN(C(=O)N(C)Cc3ccccc3)CC2)ccc1F. The summed E-state index contributed by atoms with van der Waals surface area (Å²) < 4.78 is 13.4. The molecule has 1 heterocycles. The van der Waals surface area contributed by atoms with Gasteiger partial charge in [0.05, 0.1) is 0 Å². The first-order valence-corrected chi connectivity index (χ1v) is 9.05. The normalized spacial score (nSPS) is 14.2. The Balaban J connectivity index is 1.55. The van der Waals surface area contributed by atoms with Gasteiger partial charge in [0.1, 0.15) is 5.82 Å². The van der Waals surface area contributed by atoms with Crippen molar-refractivity contribution >= 4 is 11.9 Å². The lowest BCUT2D eigenvalue weighted by atomic mass is 10.1. The molecule has 0 atom stereocenters. The van der Waals surface area contributed by atoms with Crippen LogP contribution in [0.1, 0.15) is 21.5 Å². The minimum Gasteiger partial charge on any atom is -0.335 e. The summed E-state index contributed by atoms with van der Waals surface area (Å²) in [6.45, 7) is 4.12. The zero-order valence-electron chi connectivity index (χ0n) is 15.7. The summed E-state index contributed by atoms with van der Waals surface area (Å²) in [6.07, 6.45) is 0. The van der Waals surface area contributed by atoms with Crippen LogP contribution in [-0.4, -0.2) is 59.9 Å². The highest BCUT2D eigenvalue weighted by atomic mass is 19.1. The summed E-state index contributed by atoms with van der Waals surface area (Å²) in [7, 11) is 1.79. The van der Waals surface area contributed by atoms with Gasteiger partial charge in [0.2, 0.25) is 0 Å². The second-order valence-corrected chi connectivity index (χ2v) is 6.87. The van der Waals surface area contributed by atoms with Crippen LogP contribution in [0.3, 0.4) is 0 Å². The quantitative estimate of drug-likeness (QED) is 0.834. The van der Waals surface area contributed by atoms with Crippen molar-refractivity contribution in [1.29, 1.82) is 0 Å². The van der Waals surface area contributed by atoms with Gasteiger partial charge in [0, 0.05) is 45.3 Å². The monoisotopic (exact) mass is 369 g/mol. The molecule has 1 fully saturated rings. The summed E-state index contributed by atoms with van der Waals surface area (Å²) in [4.78, 5) is 30.4. The molecule has 2 aromatic rings. The van der Waals surface area contributed by atoms with E-state index in [1.54, 1.807) is 34.7 Å². The fourth-order valence-electron chi connectivity index (χ4n) is 3.23. The Morgan fingerprint density at radius 1 is 1.00 bits per heavy atom. The molecule has 0 radical (unpaired) electrons. The van der Waals surface area contributed by atoms with Crippen LogP contribution in [-0.2, 0) is 6.54 Å². The Labute approximate surface area is 159 Å². The van der Waals surface area contributed by atoms with Gasteiger partial charge in [-0.1, -0.05) is 30.3 Å². The number of hydrogen-bond donors (Lipinski definition) is 0. The highest BCUT2D eigenvalue weighted by Gasteiger charge is 2.26. The summed E-state index contributed by atoms with van der Waals surface area (Å²) in [5, 5.41) is 0. The molecule has 5 nitrogen and oxygen atoms in total. The minimum absolute atomic E-state index is 0.0384. The molecule has 0 unspecified atom stereocenters. The van der Waals surface area contributed by atoms with Gasteiger partial charge in [-0.05, 0) is 36.2 Å². The Hall–Kier alpha value is -2.89. The maximum absolute atomic E-state index is 13.4. The molecule has 0 saturated carbocycles.